The smallest absolute Gasteiger partial charge is 0.375 e. The van der Waals surface area contributed by atoms with Gasteiger partial charge in [0.2, 0.25) is 0 Å². The van der Waals surface area contributed by atoms with Crippen molar-refractivity contribution in [3.63, 3.8) is 0 Å². The van der Waals surface area contributed by atoms with Crippen LogP contribution in [0.1, 0.15) is 42.2 Å². The first-order chi connectivity index (χ1) is 7.82. The van der Waals surface area contributed by atoms with Gasteiger partial charge in [0.05, 0.1) is 11.8 Å². The number of aromatic nitrogens is 3. The average molecular weight is 251 g/mol. The van der Waals surface area contributed by atoms with Crippen molar-refractivity contribution in [3.8, 4) is 0 Å². The number of methoxy groups -OCH3 is 1. The van der Waals surface area contributed by atoms with Gasteiger partial charge in [0, 0.05) is 7.11 Å². The molecule has 96 valence electrons. The molecule has 0 aliphatic rings. The second-order valence-electron chi connectivity index (χ2n) is 3.52. The predicted molar refractivity (Wildman–Crippen MR) is 51.6 cm³/mol. The van der Waals surface area contributed by atoms with Crippen LogP contribution in [-0.4, -0.2) is 34.6 Å². The highest BCUT2D eigenvalue weighted by atomic mass is 19.4. The molecule has 0 saturated carbocycles. The minimum atomic E-state index is -4.46. The molecule has 0 spiro atoms. The normalized spacial score (nSPS) is 15.6. The van der Waals surface area contributed by atoms with Gasteiger partial charge < -0.3 is 4.74 Å². The third-order valence-electron chi connectivity index (χ3n) is 2.45. The summed E-state index contributed by atoms with van der Waals surface area (Å²) < 4.78 is 43.3. The Hall–Kier alpha value is -1.44. The molecule has 0 bridgehead atoms. The number of alkyl halides is 3. The van der Waals surface area contributed by atoms with E-state index in [9.17, 15) is 18.0 Å². The van der Waals surface area contributed by atoms with Crippen LogP contribution in [0.5, 0.6) is 0 Å². The molecular formula is C9H12F3N3O2. The lowest BCUT2D eigenvalue weighted by Gasteiger charge is -2.20. The molecular weight excluding hydrogens is 239 g/mol. The minimum Gasteiger partial charge on any atom is -0.375 e. The van der Waals surface area contributed by atoms with E-state index in [0.29, 0.717) is 11.0 Å². The van der Waals surface area contributed by atoms with E-state index >= 15 is 0 Å². The van der Waals surface area contributed by atoms with Crippen LogP contribution in [0.2, 0.25) is 0 Å². The summed E-state index contributed by atoms with van der Waals surface area (Å²) in [6.45, 7) is 2.46. The van der Waals surface area contributed by atoms with Gasteiger partial charge in [-0.15, -0.1) is 5.10 Å². The van der Waals surface area contributed by atoms with Crippen LogP contribution in [0.4, 0.5) is 13.2 Å². The molecule has 0 fully saturated rings. The molecule has 1 aromatic rings. The van der Waals surface area contributed by atoms with Crippen LogP contribution < -0.4 is 0 Å². The number of carbonyl (C=O) groups is 1. The molecule has 0 aliphatic heterocycles. The van der Waals surface area contributed by atoms with Crippen LogP contribution >= 0.6 is 0 Å². The van der Waals surface area contributed by atoms with Crippen molar-refractivity contribution in [2.75, 3.05) is 7.11 Å². The lowest BCUT2D eigenvalue weighted by Crippen LogP contribution is -2.27. The number of halogens is 3. The monoisotopic (exact) mass is 251 g/mol. The molecule has 2 atom stereocenters. The largest absolute Gasteiger partial charge is 0.410 e. The Morgan fingerprint density at radius 1 is 1.41 bits per heavy atom. The van der Waals surface area contributed by atoms with Gasteiger partial charge in [-0.3, -0.25) is 4.79 Å². The zero-order valence-electron chi connectivity index (χ0n) is 9.52. The first-order valence-electron chi connectivity index (χ1n) is 4.82. The molecule has 0 saturated heterocycles. The standard InChI is InChI=1S/C9H12F3N3O2/c1-5(17-3)8-7(4-16)13-14-15(8)6(2)9(10,11)12/h4-6H,1-3H3. The molecule has 0 aromatic carbocycles. The van der Waals surface area contributed by atoms with Crippen molar-refractivity contribution in [2.45, 2.75) is 32.2 Å². The summed E-state index contributed by atoms with van der Waals surface area (Å²) in [4.78, 5) is 10.7. The summed E-state index contributed by atoms with van der Waals surface area (Å²) in [5.41, 5.74) is -0.122. The highest BCUT2D eigenvalue weighted by molar-refractivity contribution is 5.73. The maximum absolute atomic E-state index is 12.6. The van der Waals surface area contributed by atoms with Crippen LogP contribution in [0.15, 0.2) is 0 Å². The summed E-state index contributed by atoms with van der Waals surface area (Å²) in [5.74, 6) is 0. The Kier molecular flexibility index (Phi) is 3.87. The number of hydrogen-bond acceptors (Lipinski definition) is 4. The second-order valence-corrected chi connectivity index (χ2v) is 3.52. The number of hydrogen-bond donors (Lipinski definition) is 0. The lowest BCUT2D eigenvalue weighted by atomic mass is 10.2. The third kappa shape index (κ3) is 2.63. The summed E-state index contributed by atoms with van der Waals surface area (Å²) in [5, 5.41) is 6.76. The number of carbonyl (C=O) groups excluding carboxylic acids is 1. The van der Waals surface area contributed by atoms with Crippen molar-refractivity contribution in [2.24, 2.45) is 0 Å². The van der Waals surface area contributed by atoms with E-state index in [-0.39, 0.29) is 11.4 Å². The van der Waals surface area contributed by atoms with Gasteiger partial charge in [0.1, 0.15) is 6.04 Å². The molecule has 5 nitrogen and oxygen atoms in total. The Bertz CT molecular complexity index is 403. The molecule has 8 heteroatoms. The molecule has 0 radical (unpaired) electrons. The number of nitrogens with zero attached hydrogens (tertiary/aromatic N) is 3. The van der Waals surface area contributed by atoms with Gasteiger partial charge in [-0.05, 0) is 13.8 Å². The maximum atomic E-state index is 12.6. The van der Waals surface area contributed by atoms with Gasteiger partial charge in [-0.25, -0.2) is 4.68 Å². The quantitative estimate of drug-likeness (QED) is 0.767. The zero-order chi connectivity index (χ0) is 13.2. The van der Waals surface area contributed by atoms with E-state index < -0.39 is 18.3 Å². The summed E-state index contributed by atoms with van der Waals surface area (Å²) >= 11 is 0. The maximum Gasteiger partial charge on any atom is 0.410 e. The summed E-state index contributed by atoms with van der Waals surface area (Å²) in [6, 6.07) is -1.86. The first kappa shape index (κ1) is 13.6. The second kappa shape index (κ2) is 4.82. The molecule has 0 N–H and O–H groups in total. The van der Waals surface area contributed by atoms with Crippen LogP contribution in [0.25, 0.3) is 0 Å². The fourth-order valence-electron chi connectivity index (χ4n) is 1.33. The molecule has 2 unspecified atom stereocenters. The van der Waals surface area contributed by atoms with Crippen molar-refractivity contribution < 1.29 is 22.7 Å². The van der Waals surface area contributed by atoms with E-state index in [2.05, 4.69) is 10.3 Å². The van der Waals surface area contributed by atoms with E-state index in [4.69, 9.17) is 4.74 Å². The number of aldehydes is 1. The van der Waals surface area contributed by atoms with Crippen LogP contribution in [-0.2, 0) is 4.74 Å². The molecule has 1 rings (SSSR count). The highest BCUT2D eigenvalue weighted by Gasteiger charge is 2.40. The molecule has 1 aromatic heterocycles. The SMILES string of the molecule is COC(C)c1c(C=O)nnn1C(C)C(F)(F)F. The van der Waals surface area contributed by atoms with Crippen LogP contribution in [0, 0.1) is 0 Å². The van der Waals surface area contributed by atoms with E-state index in [0.717, 1.165) is 6.92 Å². The van der Waals surface area contributed by atoms with E-state index in [1.165, 1.54) is 14.0 Å². The predicted octanol–water partition coefficient (Wildman–Crippen LogP) is 1.92. The third-order valence-corrected chi connectivity index (χ3v) is 2.45. The van der Waals surface area contributed by atoms with Crippen molar-refractivity contribution >= 4 is 6.29 Å². The Balaban J connectivity index is 3.25. The van der Waals surface area contributed by atoms with Crippen molar-refractivity contribution in [1.29, 1.82) is 0 Å². The van der Waals surface area contributed by atoms with E-state index in [1.807, 2.05) is 0 Å². The average Bonchev–Trinajstić information content (AvgIpc) is 2.68. The van der Waals surface area contributed by atoms with Crippen molar-refractivity contribution in [1.82, 2.24) is 15.0 Å². The van der Waals surface area contributed by atoms with E-state index in [1.54, 1.807) is 0 Å². The topological polar surface area (TPSA) is 57.0 Å². The zero-order valence-corrected chi connectivity index (χ0v) is 9.52. The minimum absolute atomic E-state index is 0.0207. The van der Waals surface area contributed by atoms with Gasteiger partial charge >= 0.3 is 6.18 Å². The number of rotatable bonds is 4. The molecule has 1 heterocycles. The fraction of sp³-hybridized carbons (Fsp3) is 0.667. The molecule has 0 amide bonds. The summed E-state index contributed by atoms with van der Waals surface area (Å²) in [6.07, 6.45) is -4.80. The Labute approximate surface area is 95.6 Å². The lowest BCUT2D eigenvalue weighted by molar-refractivity contribution is -0.166. The molecule has 0 aliphatic carbocycles. The first-order valence-corrected chi connectivity index (χ1v) is 4.82. The highest BCUT2D eigenvalue weighted by Crippen LogP contribution is 2.32. The van der Waals surface area contributed by atoms with Crippen molar-refractivity contribution in [3.05, 3.63) is 11.4 Å². The summed E-state index contributed by atoms with van der Waals surface area (Å²) in [7, 11) is 1.33. The van der Waals surface area contributed by atoms with Gasteiger partial charge in [0.15, 0.2) is 12.0 Å². The van der Waals surface area contributed by atoms with Gasteiger partial charge in [0.25, 0.3) is 0 Å². The number of ether oxygens (including phenoxy) is 1. The van der Waals surface area contributed by atoms with Crippen LogP contribution in [0.3, 0.4) is 0 Å². The van der Waals surface area contributed by atoms with Gasteiger partial charge in [-0.2, -0.15) is 13.2 Å². The Morgan fingerprint density at radius 3 is 2.41 bits per heavy atom. The molecule has 17 heavy (non-hydrogen) atoms. The fourth-order valence-corrected chi connectivity index (χ4v) is 1.33. The van der Waals surface area contributed by atoms with Gasteiger partial charge in [-0.1, -0.05) is 5.21 Å². The Morgan fingerprint density at radius 2 is 2.00 bits per heavy atom.